The van der Waals surface area contributed by atoms with Crippen molar-refractivity contribution >= 4 is 11.6 Å². The molecule has 5 heteroatoms. The van der Waals surface area contributed by atoms with Crippen molar-refractivity contribution in [2.45, 2.75) is 45.3 Å². The van der Waals surface area contributed by atoms with Gasteiger partial charge in [-0.3, -0.25) is 9.69 Å². The molecule has 22 heavy (non-hydrogen) atoms. The number of halogens is 1. The SMILES string of the molecule is Cc1ccc(NC(=O)C(C)N(C)CC2CCCC2O)c(F)c1. The number of hydrogen-bond acceptors (Lipinski definition) is 3. The Morgan fingerprint density at radius 3 is 2.82 bits per heavy atom. The summed E-state index contributed by atoms with van der Waals surface area (Å²) >= 11 is 0. The summed E-state index contributed by atoms with van der Waals surface area (Å²) in [6, 6.07) is 4.37. The molecule has 1 saturated carbocycles. The monoisotopic (exact) mass is 308 g/mol. The number of carbonyl (C=O) groups is 1. The molecule has 3 atom stereocenters. The van der Waals surface area contributed by atoms with Crippen LogP contribution in [0.5, 0.6) is 0 Å². The maximum atomic E-state index is 13.8. The molecule has 1 aliphatic rings. The first kappa shape index (κ1) is 16.9. The van der Waals surface area contributed by atoms with E-state index in [1.165, 1.54) is 6.07 Å². The van der Waals surface area contributed by atoms with Gasteiger partial charge in [0.05, 0.1) is 17.8 Å². The van der Waals surface area contributed by atoms with Gasteiger partial charge in [0.15, 0.2) is 0 Å². The summed E-state index contributed by atoms with van der Waals surface area (Å²) in [4.78, 5) is 14.2. The normalized spacial score (nSPS) is 22.8. The van der Waals surface area contributed by atoms with Crippen LogP contribution < -0.4 is 5.32 Å². The van der Waals surface area contributed by atoms with E-state index in [9.17, 15) is 14.3 Å². The minimum Gasteiger partial charge on any atom is -0.393 e. The summed E-state index contributed by atoms with van der Waals surface area (Å²) < 4.78 is 13.8. The van der Waals surface area contributed by atoms with Gasteiger partial charge < -0.3 is 10.4 Å². The predicted octanol–water partition coefficient (Wildman–Crippen LogP) is 2.55. The highest BCUT2D eigenvalue weighted by atomic mass is 19.1. The van der Waals surface area contributed by atoms with Crippen molar-refractivity contribution < 1.29 is 14.3 Å². The third-order valence-electron chi connectivity index (χ3n) is 4.56. The largest absolute Gasteiger partial charge is 0.393 e. The molecule has 1 aromatic rings. The lowest BCUT2D eigenvalue weighted by atomic mass is 10.0. The van der Waals surface area contributed by atoms with Gasteiger partial charge in [-0.1, -0.05) is 12.5 Å². The van der Waals surface area contributed by atoms with Crippen LogP contribution in [-0.2, 0) is 4.79 Å². The Morgan fingerprint density at radius 2 is 2.23 bits per heavy atom. The molecule has 1 amide bonds. The Balaban J connectivity index is 1.93. The summed E-state index contributed by atoms with van der Waals surface area (Å²) in [5, 5.41) is 12.5. The highest BCUT2D eigenvalue weighted by Crippen LogP contribution is 2.26. The standard InChI is InChI=1S/C17H25FN2O2/c1-11-7-8-15(14(18)9-11)19-17(22)12(2)20(3)10-13-5-4-6-16(13)21/h7-9,12-13,16,21H,4-6,10H2,1-3H3,(H,19,22). The van der Waals surface area contributed by atoms with Crippen molar-refractivity contribution in [3.8, 4) is 0 Å². The first-order chi connectivity index (χ1) is 10.4. The fourth-order valence-electron chi connectivity index (χ4n) is 2.92. The van der Waals surface area contributed by atoms with Gasteiger partial charge in [0.2, 0.25) is 5.91 Å². The zero-order chi connectivity index (χ0) is 16.3. The average Bonchev–Trinajstić information content (AvgIpc) is 2.86. The number of carbonyl (C=O) groups excluding carboxylic acids is 1. The van der Waals surface area contributed by atoms with Gasteiger partial charge in [0, 0.05) is 6.54 Å². The fraction of sp³-hybridized carbons (Fsp3) is 0.588. The van der Waals surface area contributed by atoms with Crippen molar-refractivity contribution in [3.05, 3.63) is 29.6 Å². The Hall–Kier alpha value is -1.46. The maximum absolute atomic E-state index is 13.8. The highest BCUT2D eigenvalue weighted by Gasteiger charge is 2.29. The zero-order valence-corrected chi connectivity index (χ0v) is 13.5. The number of aliphatic hydroxyl groups is 1. The Bertz CT molecular complexity index is 535. The van der Waals surface area contributed by atoms with Crippen molar-refractivity contribution in [2.24, 2.45) is 5.92 Å². The van der Waals surface area contributed by atoms with Crippen LogP contribution in [0.15, 0.2) is 18.2 Å². The second-order valence-electron chi connectivity index (χ2n) is 6.35. The Morgan fingerprint density at radius 1 is 1.50 bits per heavy atom. The number of likely N-dealkylation sites (N-methyl/N-ethyl adjacent to an activating group) is 1. The maximum Gasteiger partial charge on any atom is 0.241 e. The molecule has 1 aromatic carbocycles. The number of rotatable bonds is 5. The van der Waals surface area contributed by atoms with Crippen LogP contribution in [-0.4, -0.2) is 41.7 Å². The van der Waals surface area contributed by atoms with E-state index in [-0.39, 0.29) is 29.7 Å². The summed E-state index contributed by atoms with van der Waals surface area (Å²) in [7, 11) is 1.86. The van der Waals surface area contributed by atoms with E-state index in [1.807, 2.05) is 11.9 Å². The topological polar surface area (TPSA) is 52.6 Å². The van der Waals surface area contributed by atoms with E-state index >= 15 is 0 Å². The molecular formula is C17H25FN2O2. The number of anilines is 1. The number of aliphatic hydroxyl groups excluding tert-OH is 1. The van der Waals surface area contributed by atoms with Gasteiger partial charge in [-0.05, 0) is 57.4 Å². The van der Waals surface area contributed by atoms with Crippen LogP contribution in [0.3, 0.4) is 0 Å². The van der Waals surface area contributed by atoms with E-state index in [4.69, 9.17) is 0 Å². The van der Waals surface area contributed by atoms with Crippen molar-refractivity contribution in [1.29, 1.82) is 0 Å². The quantitative estimate of drug-likeness (QED) is 0.879. The molecule has 122 valence electrons. The molecule has 0 heterocycles. The van der Waals surface area contributed by atoms with Gasteiger partial charge in [0.1, 0.15) is 5.82 Å². The molecule has 2 rings (SSSR count). The summed E-state index contributed by atoms with van der Waals surface area (Å²) in [5.41, 5.74) is 1.02. The van der Waals surface area contributed by atoms with E-state index in [1.54, 1.807) is 26.0 Å². The number of nitrogens with zero attached hydrogens (tertiary/aromatic N) is 1. The molecule has 0 aliphatic heterocycles. The fourth-order valence-corrected chi connectivity index (χ4v) is 2.92. The molecule has 1 aliphatic carbocycles. The average molecular weight is 308 g/mol. The third kappa shape index (κ3) is 4.05. The van der Waals surface area contributed by atoms with Crippen molar-refractivity contribution in [1.82, 2.24) is 4.90 Å². The van der Waals surface area contributed by atoms with Crippen LogP contribution in [0.1, 0.15) is 31.7 Å². The third-order valence-corrected chi connectivity index (χ3v) is 4.56. The lowest BCUT2D eigenvalue weighted by Gasteiger charge is -2.28. The summed E-state index contributed by atoms with van der Waals surface area (Å²) in [6.07, 6.45) is 2.60. The summed E-state index contributed by atoms with van der Waals surface area (Å²) in [6.45, 7) is 4.27. The number of benzene rings is 1. The van der Waals surface area contributed by atoms with E-state index < -0.39 is 5.82 Å². The Labute approximate surface area is 131 Å². The minimum absolute atomic E-state index is 0.205. The van der Waals surface area contributed by atoms with E-state index in [0.29, 0.717) is 6.54 Å². The lowest BCUT2D eigenvalue weighted by molar-refractivity contribution is -0.120. The number of aryl methyl sites for hydroxylation is 1. The zero-order valence-electron chi connectivity index (χ0n) is 13.5. The number of hydrogen-bond donors (Lipinski definition) is 2. The second kappa shape index (κ2) is 7.20. The molecular weight excluding hydrogens is 283 g/mol. The number of amides is 1. The summed E-state index contributed by atoms with van der Waals surface area (Å²) in [5.74, 6) is -0.441. The van der Waals surface area contributed by atoms with Crippen LogP contribution in [0, 0.1) is 18.7 Å². The van der Waals surface area contributed by atoms with E-state index in [2.05, 4.69) is 5.32 Å². The van der Waals surface area contributed by atoms with Crippen LogP contribution >= 0.6 is 0 Å². The Kier molecular flexibility index (Phi) is 5.53. The van der Waals surface area contributed by atoms with Crippen LogP contribution in [0.4, 0.5) is 10.1 Å². The molecule has 0 aromatic heterocycles. The van der Waals surface area contributed by atoms with Crippen molar-refractivity contribution in [2.75, 3.05) is 18.9 Å². The first-order valence-corrected chi connectivity index (χ1v) is 7.84. The molecule has 0 radical (unpaired) electrons. The van der Waals surface area contributed by atoms with Crippen LogP contribution in [0.2, 0.25) is 0 Å². The molecule has 0 spiro atoms. The molecule has 1 fully saturated rings. The van der Waals surface area contributed by atoms with E-state index in [0.717, 1.165) is 24.8 Å². The predicted molar refractivity (Wildman–Crippen MR) is 85.2 cm³/mol. The first-order valence-electron chi connectivity index (χ1n) is 7.84. The van der Waals surface area contributed by atoms with Crippen molar-refractivity contribution in [3.63, 3.8) is 0 Å². The van der Waals surface area contributed by atoms with Crippen LogP contribution in [0.25, 0.3) is 0 Å². The minimum atomic E-state index is -0.422. The lowest BCUT2D eigenvalue weighted by Crippen LogP contribution is -2.43. The molecule has 3 unspecified atom stereocenters. The molecule has 4 nitrogen and oxygen atoms in total. The van der Waals surface area contributed by atoms with Gasteiger partial charge in [0.25, 0.3) is 0 Å². The van der Waals surface area contributed by atoms with Gasteiger partial charge in [-0.25, -0.2) is 4.39 Å². The van der Waals surface area contributed by atoms with Gasteiger partial charge >= 0.3 is 0 Å². The van der Waals surface area contributed by atoms with Gasteiger partial charge in [-0.15, -0.1) is 0 Å². The second-order valence-corrected chi connectivity index (χ2v) is 6.35. The molecule has 0 bridgehead atoms. The highest BCUT2D eigenvalue weighted by molar-refractivity contribution is 5.94. The number of nitrogens with one attached hydrogen (secondary N) is 1. The smallest absolute Gasteiger partial charge is 0.241 e. The molecule has 2 N–H and O–H groups in total. The van der Waals surface area contributed by atoms with Gasteiger partial charge in [-0.2, -0.15) is 0 Å². The molecule has 0 saturated heterocycles.